The number of nitro groups is 1. The van der Waals surface area contributed by atoms with Crippen molar-refractivity contribution in [3.8, 4) is 5.75 Å². The third-order valence-electron chi connectivity index (χ3n) is 3.75. The summed E-state index contributed by atoms with van der Waals surface area (Å²) in [5.74, 6) is 0.539. The van der Waals surface area contributed by atoms with Crippen molar-refractivity contribution >= 4 is 17.1 Å². The van der Waals surface area contributed by atoms with Gasteiger partial charge in [-0.2, -0.15) is 5.11 Å². The molecule has 1 N–H and O–H groups in total. The summed E-state index contributed by atoms with van der Waals surface area (Å²) in [6, 6.07) is 9.75. The van der Waals surface area contributed by atoms with Crippen LogP contribution in [0.5, 0.6) is 5.75 Å². The molecule has 0 saturated carbocycles. The highest BCUT2D eigenvalue weighted by Crippen LogP contribution is 2.38. The number of phenolic OH excluding ortho intramolecular Hbond substituents is 1. The van der Waals surface area contributed by atoms with E-state index >= 15 is 0 Å². The Morgan fingerprint density at radius 2 is 1.54 bits per heavy atom. The number of hydrogen-bond acceptors (Lipinski definition) is 5. The van der Waals surface area contributed by atoms with Crippen LogP contribution in [0, 0.1) is 10.1 Å². The lowest BCUT2D eigenvalue weighted by molar-refractivity contribution is -0.384. The average Bonchev–Trinajstić information content (AvgIpc) is 2.53. The molecule has 6 heteroatoms. The van der Waals surface area contributed by atoms with E-state index in [-0.39, 0.29) is 29.0 Å². The third kappa shape index (κ3) is 3.76. The first-order valence-electron chi connectivity index (χ1n) is 7.83. The summed E-state index contributed by atoms with van der Waals surface area (Å²) in [5, 5.41) is 29.6. The summed E-state index contributed by atoms with van der Waals surface area (Å²) in [5.41, 5.74) is 2.26. The molecule has 0 aliphatic heterocycles. The Hall–Kier alpha value is -2.76. The number of benzene rings is 2. The van der Waals surface area contributed by atoms with E-state index in [0.29, 0.717) is 5.69 Å². The molecule has 0 heterocycles. The Morgan fingerprint density at radius 3 is 2.04 bits per heavy atom. The predicted octanol–water partition coefficient (Wildman–Crippen LogP) is 5.96. The van der Waals surface area contributed by atoms with Crippen molar-refractivity contribution in [2.24, 2.45) is 10.2 Å². The SMILES string of the molecule is CC(C)c1cc(N=Nc2ccccc2[N+](=O)[O-])cc(C(C)C)c1O. The van der Waals surface area contributed by atoms with Crippen LogP contribution in [0.4, 0.5) is 17.1 Å². The lowest BCUT2D eigenvalue weighted by Crippen LogP contribution is -1.95. The van der Waals surface area contributed by atoms with Crippen LogP contribution in [0.15, 0.2) is 46.6 Å². The summed E-state index contributed by atoms with van der Waals surface area (Å²) in [4.78, 5) is 10.6. The van der Waals surface area contributed by atoms with Gasteiger partial charge in [-0.25, -0.2) is 0 Å². The molecule has 0 radical (unpaired) electrons. The Kier molecular flexibility index (Phi) is 5.28. The Balaban J connectivity index is 2.48. The normalized spacial score (nSPS) is 11.6. The zero-order valence-electron chi connectivity index (χ0n) is 14.2. The van der Waals surface area contributed by atoms with E-state index < -0.39 is 4.92 Å². The second kappa shape index (κ2) is 7.21. The highest BCUT2D eigenvalue weighted by atomic mass is 16.6. The summed E-state index contributed by atoms with van der Waals surface area (Å²) in [6.07, 6.45) is 0. The van der Waals surface area contributed by atoms with Gasteiger partial charge < -0.3 is 5.11 Å². The fraction of sp³-hybridized carbons (Fsp3) is 0.333. The zero-order chi connectivity index (χ0) is 17.9. The van der Waals surface area contributed by atoms with Crippen LogP contribution in [0.25, 0.3) is 0 Å². The van der Waals surface area contributed by atoms with E-state index in [9.17, 15) is 15.2 Å². The molecule has 0 saturated heterocycles. The molecule has 2 aromatic rings. The number of para-hydroxylation sites is 1. The fourth-order valence-electron chi connectivity index (χ4n) is 2.42. The maximum Gasteiger partial charge on any atom is 0.296 e. The first-order chi connectivity index (χ1) is 11.3. The van der Waals surface area contributed by atoms with Gasteiger partial charge in [-0.3, -0.25) is 10.1 Å². The molecule has 6 nitrogen and oxygen atoms in total. The molecule has 24 heavy (non-hydrogen) atoms. The van der Waals surface area contributed by atoms with Crippen LogP contribution in [0.2, 0.25) is 0 Å². The molecular formula is C18H21N3O3. The van der Waals surface area contributed by atoms with Crippen molar-refractivity contribution in [3.63, 3.8) is 0 Å². The highest BCUT2D eigenvalue weighted by molar-refractivity contribution is 5.58. The minimum Gasteiger partial charge on any atom is -0.507 e. The topological polar surface area (TPSA) is 88.1 Å². The van der Waals surface area contributed by atoms with Gasteiger partial charge in [0, 0.05) is 6.07 Å². The molecule has 0 unspecified atom stereocenters. The first-order valence-corrected chi connectivity index (χ1v) is 7.83. The standard InChI is InChI=1S/C18H21N3O3/c1-11(2)14-9-13(10-15(12(3)4)18(14)22)19-20-16-7-5-6-8-17(16)21(23)24/h5-12,22H,1-4H3. The highest BCUT2D eigenvalue weighted by Gasteiger charge is 2.16. The van der Waals surface area contributed by atoms with Crippen LogP contribution >= 0.6 is 0 Å². The number of rotatable bonds is 5. The van der Waals surface area contributed by atoms with Crippen molar-refractivity contribution < 1.29 is 10.0 Å². The number of phenols is 1. The number of hydrogen-bond donors (Lipinski definition) is 1. The summed E-state index contributed by atoms with van der Waals surface area (Å²) >= 11 is 0. The molecule has 0 fully saturated rings. The maximum atomic E-state index is 11.0. The van der Waals surface area contributed by atoms with E-state index in [1.54, 1.807) is 30.3 Å². The molecule has 0 bridgehead atoms. The monoisotopic (exact) mass is 327 g/mol. The van der Waals surface area contributed by atoms with Gasteiger partial charge in [0.25, 0.3) is 5.69 Å². The second-order valence-electron chi connectivity index (χ2n) is 6.23. The molecule has 2 aromatic carbocycles. The van der Waals surface area contributed by atoms with Gasteiger partial charge in [0.15, 0.2) is 5.69 Å². The Labute approximate surface area is 141 Å². The van der Waals surface area contributed by atoms with Gasteiger partial charge in [0.1, 0.15) is 5.75 Å². The van der Waals surface area contributed by atoms with E-state index in [1.807, 2.05) is 27.7 Å². The molecule has 126 valence electrons. The fourth-order valence-corrected chi connectivity index (χ4v) is 2.42. The van der Waals surface area contributed by atoms with Gasteiger partial charge in [-0.1, -0.05) is 39.8 Å². The van der Waals surface area contributed by atoms with Gasteiger partial charge in [0.05, 0.1) is 10.6 Å². The van der Waals surface area contributed by atoms with Gasteiger partial charge in [-0.15, -0.1) is 5.11 Å². The van der Waals surface area contributed by atoms with Gasteiger partial charge in [-0.05, 0) is 41.2 Å². The minimum absolute atomic E-state index is 0.0896. The lowest BCUT2D eigenvalue weighted by Gasteiger charge is -2.15. The molecule has 0 aliphatic carbocycles. The molecule has 2 rings (SSSR count). The van der Waals surface area contributed by atoms with Crippen LogP contribution in [0.1, 0.15) is 50.7 Å². The van der Waals surface area contributed by atoms with Crippen molar-refractivity contribution in [2.45, 2.75) is 39.5 Å². The van der Waals surface area contributed by atoms with Gasteiger partial charge in [0.2, 0.25) is 0 Å². The van der Waals surface area contributed by atoms with E-state index in [1.165, 1.54) is 6.07 Å². The smallest absolute Gasteiger partial charge is 0.296 e. The van der Waals surface area contributed by atoms with Crippen molar-refractivity contribution in [1.82, 2.24) is 0 Å². The van der Waals surface area contributed by atoms with Crippen molar-refractivity contribution in [3.05, 3.63) is 57.6 Å². The molecule has 0 atom stereocenters. The summed E-state index contributed by atoms with van der Waals surface area (Å²) < 4.78 is 0. The van der Waals surface area contributed by atoms with Crippen LogP contribution in [-0.2, 0) is 0 Å². The third-order valence-corrected chi connectivity index (χ3v) is 3.75. The van der Waals surface area contributed by atoms with Crippen molar-refractivity contribution in [1.29, 1.82) is 0 Å². The largest absolute Gasteiger partial charge is 0.507 e. The van der Waals surface area contributed by atoms with Crippen molar-refractivity contribution in [2.75, 3.05) is 0 Å². The number of aromatic hydroxyl groups is 1. The van der Waals surface area contributed by atoms with E-state index in [2.05, 4.69) is 10.2 Å². The number of azo groups is 1. The quantitative estimate of drug-likeness (QED) is 0.417. The number of nitro benzene ring substituents is 1. The molecule has 0 spiro atoms. The minimum atomic E-state index is -0.482. The number of nitrogens with zero attached hydrogens (tertiary/aromatic N) is 3. The van der Waals surface area contributed by atoms with E-state index in [0.717, 1.165) is 11.1 Å². The Bertz CT molecular complexity index is 754. The zero-order valence-corrected chi connectivity index (χ0v) is 14.2. The molecular weight excluding hydrogens is 306 g/mol. The maximum absolute atomic E-state index is 11.0. The first kappa shape index (κ1) is 17.6. The lowest BCUT2D eigenvalue weighted by atomic mass is 9.93. The van der Waals surface area contributed by atoms with Crippen LogP contribution < -0.4 is 0 Å². The van der Waals surface area contributed by atoms with Gasteiger partial charge >= 0.3 is 0 Å². The molecule has 0 amide bonds. The predicted molar refractivity (Wildman–Crippen MR) is 93.6 cm³/mol. The molecule has 0 aliphatic rings. The Morgan fingerprint density at radius 1 is 1.00 bits per heavy atom. The van der Waals surface area contributed by atoms with Crippen LogP contribution in [0.3, 0.4) is 0 Å². The van der Waals surface area contributed by atoms with E-state index in [4.69, 9.17) is 0 Å². The summed E-state index contributed by atoms with van der Waals surface area (Å²) in [6.45, 7) is 7.95. The second-order valence-corrected chi connectivity index (χ2v) is 6.23. The summed E-state index contributed by atoms with van der Waals surface area (Å²) in [7, 11) is 0. The van der Waals surface area contributed by atoms with Crippen LogP contribution in [-0.4, -0.2) is 10.0 Å². The average molecular weight is 327 g/mol. The molecule has 0 aromatic heterocycles.